The smallest absolute Gasteiger partial charge is 0.220 e. The molecule has 1 aliphatic heterocycles. The van der Waals surface area contributed by atoms with Crippen molar-refractivity contribution < 1.29 is 17.4 Å². The number of furan rings is 1. The molecule has 0 bridgehead atoms. The summed E-state index contributed by atoms with van der Waals surface area (Å²) >= 11 is 0. The van der Waals surface area contributed by atoms with E-state index in [0.717, 1.165) is 24.6 Å². The van der Waals surface area contributed by atoms with Crippen LogP contribution in [0.3, 0.4) is 0 Å². The predicted octanol–water partition coefficient (Wildman–Crippen LogP) is 1.70. The van der Waals surface area contributed by atoms with Gasteiger partial charge in [-0.2, -0.15) is 4.31 Å². The summed E-state index contributed by atoms with van der Waals surface area (Å²) in [7, 11) is -3.42. The van der Waals surface area contributed by atoms with E-state index >= 15 is 0 Å². The molecule has 1 unspecified atom stereocenters. The van der Waals surface area contributed by atoms with Gasteiger partial charge in [0.1, 0.15) is 17.8 Å². The summed E-state index contributed by atoms with van der Waals surface area (Å²) in [5.41, 5.74) is 0.422. The molecule has 0 spiro atoms. The van der Waals surface area contributed by atoms with Gasteiger partial charge in [0.15, 0.2) is 5.96 Å². The minimum absolute atomic E-state index is 0.140. The third-order valence-electron chi connectivity index (χ3n) is 4.94. The Morgan fingerprint density at radius 3 is 2.69 bits per heavy atom. The topological polar surface area (TPSA) is 104 Å². The maximum Gasteiger partial charge on any atom is 0.220 e. The van der Waals surface area contributed by atoms with Crippen molar-refractivity contribution in [3.63, 3.8) is 0 Å². The Bertz CT molecular complexity index is 857. The van der Waals surface area contributed by atoms with Crippen molar-refractivity contribution in [3.05, 3.63) is 42.2 Å². The Morgan fingerprint density at radius 1 is 1.28 bits per heavy atom. The molecule has 1 atom stereocenters. The lowest BCUT2D eigenvalue weighted by atomic mass is 10.2. The van der Waals surface area contributed by atoms with E-state index in [2.05, 4.69) is 29.2 Å². The maximum atomic E-state index is 12.6. The molecule has 10 heteroatoms. The van der Waals surface area contributed by atoms with Crippen LogP contribution >= 0.6 is 0 Å². The molecule has 2 aromatic rings. The molecule has 1 fully saturated rings. The zero-order valence-corrected chi connectivity index (χ0v) is 17.8. The van der Waals surface area contributed by atoms with Crippen molar-refractivity contribution in [2.24, 2.45) is 4.99 Å². The Hall–Kier alpha value is -2.33. The van der Waals surface area contributed by atoms with Gasteiger partial charge in [0, 0.05) is 51.3 Å². The van der Waals surface area contributed by atoms with Gasteiger partial charge in [-0.15, -0.1) is 0 Å². The van der Waals surface area contributed by atoms with Crippen molar-refractivity contribution >= 4 is 16.0 Å². The highest BCUT2D eigenvalue weighted by molar-refractivity contribution is 7.88. The van der Waals surface area contributed by atoms with Crippen molar-refractivity contribution in [2.75, 3.05) is 32.7 Å². The second-order valence-electron chi connectivity index (χ2n) is 7.12. The van der Waals surface area contributed by atoms with Crippen LogP contribution in [0.5, 0.6) is 0 Å². The maximum absolute atomic E-state index is 12.6. The number of nitrogens with zero attached hydrogens (tertiary/aromatic N) is 4. The van der Waals surface area contributed by atoms with Crippen LogP contribution in [0.25, 0.3) is 0 Å². The zero-order chi connectivity index (χ0) is 20.7. The third-order valence-corrected chi connectivity index (χ3v) is 6.75. The summed E-state index contributed by atoms with van der Waals surface area (Å²) in [4.78, 5) is 6.86. The molecule has 1 saturated heterocycles. The fourth-order valence-corrected chi connectivity index (χ4v) is 4.48. The van der Waals surface area contributed by atoms with Gasteiger partial charge in [0.2, 0.25) is 10.0 Å². The quantitative estimate of drug-likeness (QED) is 0.509. The summed E-state index contributed by atoms with van der Waals surface area (Å²) in [5, 5.41) is 7.17. The largest absolute Gasteiger partial charge is 0.469 e. The molecular weight excluding hydrogens is 394 g/mol. The van der Waals surface area contributed by atoms with Crippen molar-refractivity contribution in [1.82, 2.24) is 19.7 Å². The van der Waals surface area contributed by atoms with E-state index in [1.807, 2.05) is 12.1 Å². The molecule has 0 radical (unpaired) electrons. The molecule has 0 saturated carbocycles. The molecule has 29 heavy (non-hydrogen) atoms. The monoisotopic (exact) mass is 423 g/mol. The van der Waals surface area contributed by atoms with E-state index < -0.39 is 10.0 Å². The second-order valence-corrected chi connectivity index (χ2v) is 9.09. The average Bonchev–Trinajstić information content (AvgIpc) is 3.41. The van der Waals surface area contributed by atoms with E-state index in [0.29, 0.717) is 38.4 Å². The molecule has 1 aliphatic rings. The Kier molecular flexibility index (Phi) is 7.32. The van der Waals surface area contributed by atoms with Crippen LogP contribution in [0, 0.1) is 0 Å². The average molecular weight is 424 g/mol. The van der Waals surface area contributed by atoms with Crippen LogP contribution in [0.15, 0.2) is 44.7 Å². The van der Waals surface area contributed by atoms with Crippen LogP contribution in [0.1, 0.15) is 31.7 Å². The van der Waals surface area contributed by atoms with Gasteiger partial charge in [-0.3, -0.25) is 4.99 Å². The summed E-state index contributed by atoms with van der Waals surface area (Å²) in [6, 6.07) is 5.67. The number of hydrogen-bond donors (Lipinski definition) is 1. The molecular formula is C19H29N5O4S. The first kappa shape index (κ1) is 21.4. The fraction of sp³-hybridized carbons (Fsp3) is 0.579. The summed E-state index contributed by atoms with van der Waals surface area (Å²) in [6.07, 6.45) is 4.75. The number of guanidine groups is 1. The van der Waals surface area contributed by atoms with Crippen LogP contribution < -0.4 is 5.32 Å². The number of sulfonamides is 1. The minimum Gasteiger partial charge on any atom is -0.469 e. The van der Waals surface area contributed by atoms with Crippen molar-refractivity contribution in [3.8, 4) is 0 Å². The Morgan fingerprint density at radius 2 is 2.07 bits per heavy atom. The first-order chi connectivity index (χ1) is 14.0. The van der Waals surface area contributed by atoms with Gasteiger partial charge in [-0.1, -0.05) is 12.1 Å². The number of aromatic nitrogens is 1. The summed E-state index contributed by atoms with van der Waals surface area (Å²) in [5.74, 6) is 1.58. The molecule has 160 valence electrons. The van der Waals surface area contributed by atoms with Crippen LogP contribution in [0.4, 0.5) is 0 Å². The van der Waals surface area contributed by atoms with Gasteiger partial charge in [-0.25, -0.2) is 8.42 Å². The van der Waals surface area contributed by atoms with E-state index in [4.69, 9.17) is 13.9 Å². The number of aliphatic imine (C=N–C) groups is 1. The third kappa shape index (κ3) is 6.07. The molecule has 9 nitrogen and oxygen atoms in total. The number of rotatable bonds is 8. The lowest BCUT2D eigenvalue weighted by Gasteiger charge is -2.36. The highest BCUT2D eigenvalue weighted by atomic mass is 32.2. The zero-order valence-electron chi connectivity index (χ0n) is 17.0. The van der Waals surface area contributed by atoms with Gasteiger partial charge >= 0.3 is 0 Å². The Labute approximate surface area is 171 Å². The van der Waals surface area contributed by atoms with E-state index in [1.165, 1.54) is 10.6 Å². The van der Waals surface area contributed by atoms with Crippen LogP contribution in [-0.2, 0) is 22.2 Å². The fourth-order valence-electron chi connectivity index (χ4n) is 3.05. The van der Waals surface area contributed by atoms with Crippen LogP contribution in [0.2, 0.25) is 0 Å². The van der Waals surface area contributed by atoms with Gasteiger partial charge in [0.25, 0.3) is 0 Å². The first-order valence-electron chi connectivity index (χ1n) is 9.93. The van der Waals surface area contributed by atoms with Crippen LogP contribution in [-0.4, -0.2) is 67.5 Å². The second kappa shape index (κ2) is 9.93. The molecule has 3 rings (SSSR count). The molecule has 0 aliphatic carbocycles. The Balaban J connectivity index is 1.59. The number of piperazine rings is 1. The first-order valence-corrected chi connectivity index (χ1v) is 11.5. The van der Waals surface area contributed by atoms with E-state index in [9.17, 15) is 8.42 Å². The van der Waals surface area contributed by atoms with Gasteiger partial charge in [0.05, 0.1) is 12.0 Å². The molecule has 0 amide bonds. The summed E-state index contributed by atoms with van der Waals surface area (Å²) < 4.78 is 36.9. The van der Waals surface area contributed by atoms with Gasteiger partial charge in [-0.05, 0) is 25.5 Å². The SMILES string of the molecule is CCC(C)NC(=NCCc1ccco1)N1CCN(S(=O)(=O)Cc2ccon2)CC1. The standard InChI is InChI=1S/C19H29N5O4S/c1-3-16(2)21-19(20-8-6-18-5-4-13-27-18)23-9-11-24(12-10-23)29(25,26)15-17-7-14-28-22-17/h4-5,7,13-14,16H,3,6,8-12,15H2,1-2H3,(H,20,21). The number of hydrogen-bond acceptors (Lipinski definition) is 6. The molecule has 0 aromatic carbocycles. The normalized spacial score (nSPS) is 17.4. The van der Waals surface area contributed by atoms with Crippen molar-refractivity contribution in [1.29, 1.82) is 0 Å². The van der Waals surface area contributed by atoms with Gasteiger partial charge < -0.3 is 19.2 Å². The molecule has 3 heterocycles. The predicted molar refractivity (Wildman–Crippen MR) is 110 cm³/mol. The van der Waals surface area contributed by atoms with Crippen molar-refractivity contribution in [2.45, 2.75) is 38.5 Å². The molecule has 1 N–H and O–H groups in total. The molecule has 2 aromatic heterocycles. The van der Waals surface area contributed by atoms with E-state index in [-0.39, 0.29) is 11.8 Å². The highest BCUT2D eigenvalue weighted by Crippen LogP contribution is 2.13. The lowest BCUT2D eigenvalue weighted by Crippen LogP contribution is -2.55. The highest BCUT2D eigenvalue weighted by Gasteiger charge is 2.29. The lowest BCUT2D eigenvalue weighted by molar-refractivity contribution is 0.257. The minimum atomic E-state index is -3.42. The number of nitrogens with one attached hydrogen (secondary N) is 1. The van der Waals surface area contributed by atoms with E-state index in [1.54, 1.807) is 12.3 Å². The summed E-state index contributed by atoms with van der Waals surface area (Å²) in [6.45, 7) is 6.84.